The van der Waals surface area contributed by atoms with E-state index in [0.29, 0.717) is 6.79 Å². The monoisotopic (exact) mass is 344 g/mol. The normalized spacial score (nSPS) is 15.3. The van der Waals surface area contributed by atoms with E-state index >= 15 is 0 Å². The van der Waals surface area contributed by atoms with Gasteiger partial charge in [0.15, 0.2) is 0 Å². The van der Waals surface area contributed by atoms with Crippen molar-refractivity contribution in [3.8, 4) is 0 Å². The molecule has 0 amide bonds. The van der Waals surface area contributed by atoms with Crippen LogP contribution in [0, 0.1) is 11.8 Å². The summed E-state index contributed by atoms with van der Waals surface area (Å²) < 4.78 is 11.8. The maximum Gasteiger partial charge on any atom is 0.504 e. The Morgan fingerprint density at radius 2 is 1.55 bits per heavy atom. The highest BCUT2D eigenvalue weighted by Crippen LogP contribution is 2.24. The summed E-state index contributed by atoms with van der Waals surface area (Å²) in [7, 11) is 6.02. The molecule has 0 aliphatic carbocycles. The van der Waals surface area contributed by atoms with Gasteiger partial charge in [-0.1, -0.05) is 53.4 Å². The highest BCUT2D eigenvalue weighted by molar-refractivity contribution is 6.94. The van der Waals surface area contributed by atoms with Crippen LogP contribution in [0.4, 0.5) is 0 Å². The van der Waals surface area contributed by atoms with E-state index in [9.17, 15) is 0 Å². The first kappa shape index (κ1) is 23.0. The minimum atomic E-state index is -0.335. The summed E-state index contributed by atoms with van der Waals surface area (Å²) in [5.74, 6) is 1.60. The molecule has 22 heavy (non-hydrogen) atoms. The second kappa shape index (κ2) is 16.8. The molecule has 0 aliphatic rings. The zero-order valence-corrected chi connectivity index (χ0v) is 17.6. The fraction of sp³-hybridized carbons (Fsp3) is 1.00. The van der Waals surface area contributed by atoms with Crippen molar-refractivity contribution in [1.82, 2.24) is 0 Å². The van der Waals surface area contributed by atoms with Gasteiger partial charge < -0.3 is 18.5 Å². The molecular formula is C18H37ClMgO2. The smallest absolute Gasteiger partial charge is 0.355 e. The molecule has 0 bridgehead atoms. The number of unbranched alkanes of at least 4 members (excludes halogenated alkanes) is 3. The number of ether oxygens (including phenoxy) is 2. The van der Waals surface area contributed by atoms with Crippen LogP contribution in [0.1, 0.15) is 79.1 Å². The standard InChI is InChI=1S/C18H37O2.ClH.Mg/c1-5-7-8-9-13-19-16-20-14-10-12-18(4)15-17(3)11-6-2;;/h6,17-18H,5,7-16H2,1-4H3;1H;/q;;+1/p-1. The van der Waals surface area contributed by atoms with Crippen LogP contribution in [-0.2, 0) is 9.47 Å². The predicted molar refractivity (Wildman–Crippen MR) is 98.7 cm³/mol. The van der Waals surface area contributed by atoms with E-state index < -0.39 is 0 Å². The lowest BCUT2D eigenvalue weighted by molar-refractivity contribution is -0.0561. The van der Waals surface area contributed by atoms with E-state index in [2.05, 4.69) is 27.7 Å². The Morgan fingerprint density at radius 1 is 0.864 bits per heavy atom. The predicted octanol–water partition coefficient (Wildman–Crippen LogP) is 6.06. The van der Waals surface area contributed by atoms with Crippen LogP contribution in [0.25, 0.3) is 0 Å². The summed E-state index contributed by atoms with van der Waals surface area (Å²) in [5.41, 5.74) is 0. The van der Waals surface area contributed by atoms with Gasteiger partial charge in [0.05, 0.1) is 0 Å². The van der Waals surface area contributed by atoms with E-state index in [1.165, 1.54) is 38.5 Å². The molecule has 0 rings (SSSR count). The molecule has 0 heterocycles. The molecular weight excluding hydrogens is 308 g/mol. The Morgan fingerprint density at radius 3 is 2.18 bits per heavy atom. The third kappa shape index (κ3) is 15.9. The largest absolute Gasteiger partial charge is 0.504 e. The molecule has 3 unspecified atom stereocenters. The Kier molecular flexibility index (Phi) is 17.6. The zero-order valence-electron chi connectivity index (χ0n) is 15.4. The Balaban J connectivity index is 3.32. The zero-order chi connectivity index (χ0) is 16.6. The van der Waals surface area contributed by atoms with Crippen molar-refractivity contribution in [2.45, 2.75) is 83.1 Å². The fourth-order valence-electron chi connectivity index (χ4n) is 2.99. The van der Waals surface area contributed by atoms with Crippen LogP contribution in [0.3, 0.4) is 0 Å². The highest BCUT2D eigenvalue weighted by atomic mass is 35.5. The number of hydrogen-bond acceptors (Lipinski definition) is 2. The molecule has 0 radical (unpaired) electrons. The van der Waals surface area contributed by atoms with Crippen LogP contribution in [0.15, 0.2) is 0 Å². The van der Waals surface area contributed by atoms with Gasteiger partial charge in [-0.25, -0.2) is 0 Å². The van der Waals surface area contributed by atoms with Gasteiger partial charge in [0.25, 0.3) is 0 Å². The first-order valence-corrected chi connectivity index (χ1v) is 12.3. The lowest BCUT2D eigenvalue weighted by atomic mass is 9.91. The van der Waals surface area contributed by atoms with E-state index in [4.69, 9.17) is 18.5 Å². The molecule has 2 nitrogen and oxygen atoms in total. The third-order valence-electron chi connectivity index (χ3n) is 4.17. The fourth-order valence-corrected chi connectivity index (χ4v) is 4.07. The second-order valence-corrected chi connectivity index (χ2v) is 9.71. The first-order chi connectivity index (χ1) is 10.6. The van der Waals surface area contributed by atoms with Crippen molar-refractivity contribution in [2.24, 2.45) is 11.8 Å². The third-order valence-corrected chi connectivity index (χ3v) is 6.61. The average Bonchev–Trinajstić information content (AvgIpc) is 2.48. The lowest BCUT2D eigenvalue weighted by Crippen LogP contribution is -2.08. The van der Waals surface area contributed by atoms with Crippen LogP contribution in [0.2, 0.25) is 4.05 Å². The van der Waals surface area contributed by atoms with Crippen molar-refractivity contribution < 1.29 is 9.47 Å². The SMILES string of the molecule is CCCCCCOCOCCCC(C)CC(C)C[CH](C)[Mg][Cl]. The molecule has 0 saturated heterocycles. The topological polar surface area (TPSA) is 18.5 Å². The Bertz CT molecular complexity index is 229. The van der Waals surface area contributed by atoms with Crippen LogP contribution >= 0.6 is 9.07 Å². The summed E-state index contributed by atoms with van der Waals surface area (Å²) in [5, 5.41) is 0. The Hall–Kier alpha value is 0.976. The van der Waals surface area contributed by atoms with Gasteiger partial charge in [0, 0.05) is 13.2 Å². The molecule has 0 spiro atoms. The van der Waals surface area contributed by atoms with E-state index in [0.717, 1.165) is 41.9 Å². The number of hydrogen-bond donors (Lipinski definition) is 0. The molecule has 0 aromatic carbocycles. The van der Waals surface area contributed by atoms with E-state index in [1.807, 2.05) is 0 Å². The summed E-state index contributed by atoms with van der Waals surface area (Å²) in [4.78, 5) is 0. The van der Waals surface area contributed by atoms with Gasteiger partial charge in [-0.2, -0.15) is 0 Å². The molecule has 0 saturated carbocycles. The molecule has 4 heteroatoms. The van der Waals surface area contributed by atoms with Crippen molar-refractivity contribution in [1.29, 1.82) is 0 Å². The Labute approximate surface area is 152 Å². The van der Waals surface area contributed by atoms with Gasteiger partial charge in [-0.15, -0.1) is 4.05 Å². The van der Waals surface area contributed by atoms with E-state index in [1.54, 1.807) is 0 Å². The molecule has 0 fully saturated rings. The van der Waals surface area contributed by atoms with E-state index in [-0.39, 0.29) is 19.3 Å². The quantitative estimate of drug-likeness (QED) is 0.192. The molecule has 0 aliphatic heterocycles. The molecule has 0 N–H and O–H groups in total. The van der Waals surface area contributed by atoms with Crippen LogP contribution < -0.4 is 0 Å². The minimum absolute atomic E-state index is 0.335. The number of rotatable bonds is 16. The summed E-state index contributed by atoms with van der Waals surface area (Å²) in [6, 6.07) is 0. The first-order valence-electron chi connectivity index (χ1n) is 9.31. The second-order valence-electron chi connectivity index (χ2n) is 7.08. The maximum absolute atomic E-state index is 6.02. The van der Waals surface area contributed by atoms with Crippen molar-refractivity contribution >= 4 is 28.3 Å². The van der Waals surface area contributed by atoms with Gasteiger partial charge in [0.1, 0.15) is 6.79 Å². The van der Waals surface area contributed by atoms with Crippen molar-refractivity contribution in [3.63, 3.8) is 0 Å². The maximum atomic E-state index is 6.02. The van der Waals surface area contributed by atoms with Gasteiger partial charge in [-0.3, -0.25) is 0 Å². The van der Waals surface area contributed by atoms with Crippen LogP contribution in [-0.4, -0.2) is 39.3 Å². The molecule has 3 atom stereocenters. The molecule has 0 aromatic rings. The van der Waals surface area contributed by atoms with Gasteiger partial charge >= 0.3 is 19.3 Å². The summed E-state index contributed by atoms with van der Waals surface area (Å²) >= 11 is -0.335. The minimum Gasteiger partial charge on any atom is -0.355 e. The van der Waals surface area contributed by atoms with Crippen molar-refractivity contribution in [2.75, 3.05) is 20.0 Å². The van der Waals surface area contributed by atoms with Crippen molar-refractivity contribution in [3.05, 3.63) is 0 Å². The van der Waals surface area contributed by atoms with Gasteiger partial charge in [-0.05, 0) is 37.5 Å². The summed E-state index contributed by atoms with van der Waals surface area (Å²) in [6.45, 7) is 11.4. The van der Waals surface area contributed by atoms with Gasteiger partial charge in [0.2, 0.25) is 0 Å². The lowest BCUT2D eigenvalue weighted by Gasteiger charge is -2.19. The molecule has 130 valence electrons. The highest BCUT2D eigenvalue weighted by Gasteiger charge is 2.13. The van der Waals surface area contributed by atoms with Crippen LogP contribution in [0.5, 0.6) is 0 Å². The molecule has 0 aromatic heterocycles. The number of halogens is 1. The summed E-state index contributed by atoms with van der Waals surface area (Å²) in [6.07, 6.45) is 10.1. The average molecular weight is 345 g/mol.